The van der Waals surface area contributed by atoms with Crippen LogP contribution in [0.1, 0.15) is 35.6 Å². The highest BCUT2D eigenvalue weighted by molar-refractivity contribution is 8.00. The molecule has 0 N–H and O–H groups in total. The van der Waals surface area contributed by atoms with Gasteiger partial charge in [-0.2, -0.15) is 13.1 Å². The van der Waals surface area contributed by atoms with Gasteiger partial charge in [0.1, 0.15) is 12.1 Å². The Morgan fingerprint density at radius 3 is 2.55 bits per heavy atom. The fourth-order valence-electron chi connectivity index (χ4n) is 5.38. The topological polar surface area (TPSA) is 115 Å². The van der Waals surface area contributed by atoms with Crippen LogP contribution in [0.4, 0.5) is 14.5 Å². The molecule has 0 radical (unpaired) electrons. The lowest BCUT2D eigenvalue weighted by molar-refractivity contribution is -0.153. The summed E-state index contributed by atoms with van der Waals surface area (Å²) < 4.78 is 71.6. The van der Waals surface area contributed by atoms with Crippen LogP contribution in [0.25, 0.3) is 0 Å². The minimum Gasteiger partial charge on any atom is -0.489 e. The maximum absolute atomic E-state index is 13.8. The maximum atomic E-state index is 13.8. The summed E-state index contributed by atoms with van der Waals surface area (Å²) in [6.45, 7) is -2.79. The molecule has 2 unspecified atom stereocenters. The van der Waals surface area contributed by atoms with E-state index in [1.165, 1.54) is 59.4 Å². The first-order valence-corrected chi connectivity index (χ1v) is 18.0. The molecular weight excluding hydrogens is 699 g/mol. The zero-order valence-corrected chi connectivity index (χ0v) is 28.1. The third-order valence-electron chi connectivity index (χ3n) is 8.18. The normalized spacial score (nSPS) is 18.8. The predicted octanol–water partition coefficient (Wildman–Crippen LogP) is 5.89. The van der Waals surface area contributed by atoms with E-state index in [1.54, 1.807) is 13.1 Å². The number of hydrogen-bond acceptors (Lipinski definition) is 9. The van der Waals surface area contributed by atoms with Gasteiger partial charge < -0.3 is 19.1 Å². The van der Waals surface area contributed by atoms with Crippen molar-refractivity contribution in [3.8, 4) is 11.5 Å². The van der Waals surface area contributed by atoms with Gasteiger partial charge in [0.15, 0.2) is 11.5 Å². The van der Waals surface area contributed by atoms with E-state index in [9.17, 15) is 26.8 Å². The van der Waals surface area contributed by atoms with Gasteiger partial charge in [0, 0.05) is 37.3 Å². The zero-order chi connectivity index (χ0) is 33.5. The van der Waals surface area contributed by atoms with Gasteiger partial charge in [0.05, 0.1) is 33.8 Å². The number of carbonyl (C=O) groups is 2. The third kappa shape index (κ3) is 7.31. The van der Waals surface area contributed by atoms with E-state index in [1.807, 2.05) is 0 Å². The highest BCUT2D eigenvalue weighted by atomic mass is 35.5. The number of likely N-dealkylation sites (N-methyl/N-ethyl adjacent to an activating group) is 1. The molecule has 2 atom stereocenters. The summed E-state index contributed by atoms with van der Waals surface area (Å²) >= 11 is 14.1. The molecule has 1 aliphatic carbocycles. The van der Waals surface area contributed by atoms with Crippen LogP contribution < -0.4 is 14.4 Å². The quantitative estimate of drug-likeness (QED) is 0.211. The molecule has 1 saturated carbocycles. The smallest absolute Gasteiger partial charge is 0.387 e. The number of amides is 1. The van der Waals surface area contributed by atoms with Crippen molar-refractivity contribution >= 4 is 62.6 Å². The van der Waals surface area contributed by atoms with E-state index in [0.29, 0.717) is 34.9 Å². The van der Waals surface area contributed by atoms with Crippen LogP contribution in [0.5, 0.6) is 11.5 Å². The van der Waals surface area contributed by atoms with Gasteiger partial charge in [-0.15, -0.1) is 11.8 Å². The highest BCUT2D eigenvalue weighted by Gasteiger charge is 2.42. The monoisotopic (exact) mass is 727 g/mol. The summed E-state index contributed by atoms with van der Waals surface area (Å²) in [6.07, 6.45) is 3.64. The number of halogens is 4. The number of thioether (sulfide) groups is 1. The fraction of sp³-hybridized carbons (Fsp3) is 0.387. The van der Waals surface area contributed by atoms with Crippen LogP contribution in [0.2, 0.25) is 10.0 Å². The number of sulfonamides is 1. The number of pyridine rings is 1. The van der Waals surface area contributed by atoms with Crippen LogP contribution >= 0.6 is 35.0 Å². The molecule has 1 aromatic heterocycles. The molecule has 2 aliphatic heterocycles. The fourth-order valence-corrected chi connectivity index (χ4v) is 9.07. The number of alkyl halides is 2. The molecule has 10 nitrogen and oxygen atoms in total. The number of fused-ring (bicyclic) bond motifs is 1. The van der Waals surface area contributed by atoms with Crippen molar-refractivity contribution in [2.45, 2.75) is 49.3 Å². The molecule has 1 amide bonds. The number of rotatable bonds is 12. The first kappa shape index (κ1) is 33.7. The lowest BCUT2D eigenvalue weighted by Gasteiger charge is -2.26. The average Bonchev–Trinajstić information content (AvgIpc) is 3.63. The first-order valence-electron chi connectivity index (χ1n) is 14.6. The summed E-state index contributed by atoms with van der Waals surface area (Å²) in [6, 6.07) is 7.49. The van der Waals surface area contributed by atoms with Crippen LogP contribution in [-0.2, 0) is 37.2 Å². The van der Waals surface area contributed by atoms with Crippen LogP contribution in [0, 0.1) is 5.92 Å². The number of benzene rings is 2. The van der Waals surface area contributed by atoms with Crippen molar-refractivity contribution in [2.24, 2.45) is 5.92 Å². The molecular formula is C31H29Cl2F2N3O7S2. The first-order chi connectivity index (χ1) is 22.4. The second-order valence-corrected chi connectivity index (χ2v) is 15.1. The number of esters is 1. The summed E-state index contributed by atoms with van der Waals surface area (Å²) in [5.41, 5.74) is 1.98. The van der Waals surface area contributed by atoms with Gasteiger partial charge in [-0.25, -0.2) is 8.42 Å². The molecule has 3 heterocycles. The molecule has 1 saturated heterocycles. The zero-order valence-electron chi connectivity index (χ0n) is 24.9. The Bertz CT molecular complexity index is 1790. The van der Waals surface area contributed by atoms with E-state index >= 15 is 0 Å². The standard InChI is InChI=1S/C31H29Cl2F2N3O7S2/c1-37-24-6-5-20(8-19(24)10-29(37)39)47(41,42)38-16-46-15-25(38)30(40)44-27(11-21-22(32)12-36-13-23(21)33)18-4-7-26(45-31(34)35)28(9-18)43-14-17-2-3-17/h4-9,12-13,17,25,27,31H,2-3,10-11,14-16H2,1H3. The van der Waals surface area contributed by atoms with Gasteiger partial charge in [0.25, 0.3) is 0 Å². The van der Waals surface area contributed by atoms with Gasteiger partial charge in [0.2, 0.25) is 15.9 Å². The molecule has 16 heteroatoms. The molecule has 250 valence electrons. The molecule has 2 fully saturated rings. The number of carbonyl (C=O) groups excluding carboxylic acids is 2. The largest absolute Gasteiger partial charge is 0.489 e. The van der Waals surface area contributed by atoms with Crippen molar-refractivity contribution in [3.05, 3.63) is 75.5 Å². The van der Waals surface area contributed by atoms with Gasteiger partial charge in [-0.05, 0) is 65.8 Å². The van der Waals surface area contributed by atoms with Gasteiger partial charge >= 0.3 is 12.6 Å². The summed E-state index contributed by atoms with van der Waals surface area (Å²) in [5.74, 6) is -0.669. The SMILES string of the molecule is CN1C(=O)Cc2cc(S(=O)(=O)N3CSCC3C(=O)OC(Cc3c(Cl)cncc3Cl)c3ccc(OC(F)F)c(OCC4CC4)c3)ccc21. The van der Waals surface area contributed by atoms with E-state index in [4.69, 9.17) is 32.7 Å². The lowest BCUT2D eigenvalue weighted by Crippen LogP contribution is -2.43. The van der Waals surface area contributed by atoms with Crippen LogP contribution in [0.3, 0.4) is 0 Å². The second kappa shape index (κ2) is 13.7. The molecule has 3 aliphatic rings. The van der Waals surface area contributed by atoms with Crippen molar-refractivity contribution in [1.29, 1.82) is 0 Å². The summed E-state index contributed by atoms with van der Waals surface area (Å²) in [7, 11) is -2.55. The van der Waals surface area contributed by atoms with Crippen molar-refractivity contribution in [2.75, 3.05) is 30.2 Å². The Hall–Kier alpha value is -3.17. The summed E-state index contributed by atoms with van der Waals surface area (Å²) in [5, 5.41) is 0.422. The Balaban J connectivity index is 1.30. The second-order valence-electron chi connectivity index (χ2n) is 11.4. The van der Waals surface area contributed by atoms with Crippen molar-refractivity contribution < 1.29 is 41.0 Å². The predicted molar refractivity (Wildman–Crippen MR) is 172 cm³/mol. The molecule has 3 aromatic rings. The van der Waals surface area contributed by atoms with E-state index in [-0.39, 0.29) is 56.8 Å². The Morgan fingerprint density at radius 1 is 1.11 bits per heavy atom. The molecule has 2 aromatic carbocycles. The Labute approximate surface area is 284 Å². The summed E-state index contributed by atoms with van der Waals surface area (Å²) in [4.78, 5) is 31.4. The molecule has 6 rings (SSSR count). The van der Waals surface area contributed by atoms with E-state index < -0.39 is 34.7 Å². The Morgan fingerprint density at radius 2 is 1.85 bits per heavy atom. The Kier molecular flexibility index (Phi) is 9.86. The molecule has 47 heavy (non-hydrogen) atoms. The van der Waals surface area contributed by atoms with Gasteiger partial charge in [-0.3, -0.25) is 14.6 Å². The number of hydrogen-bond donors (Lipinski definition) is 0. The van der Waals surface area contributed by atoms with Crippen LogP contribution in [-0.4, -0.2) is 67.5 Å². The van der Waals surface area contributed by atoms with Crippen molar-refractivity contribution in [3.63, 3.8) is 0 Å². The molecule has 0 spiro atoms. The number of nitrogens with zero attached hydrogens (tertiary/aromatic N) is 3. The van der Waals surface area contributed by atoms with Crippen molar-refractivity contribution in [1.82, 2.24) is 9.29 Å². The number of aromatic nitrogens is 1. The number of ether oxygens (including phenoxy) is 3. The van der Waals surface area contributed by atoms with E-state index in [2.05, 4.69) is 9.72 Å². The molecule has 0 bridgehead atoms. The third-order valence-corrected chi connectivity index (χ3v) is 11.9. The maximum Gasteiger partial charge on any atom is 0.387 e. The average molecular weight is 729 g/mol. The van der Waals surface area contributed by atoms with Gasteiger partial charge in [-0.1, -0.05) is 29.3 Å². The minimum absolute atomic E-state index is 0.00349. The minimum atomic E-state index is -4.17. The highest BCUT2D eigenvalue weighted by Crippen LogP contribution is 2.39. The van der Waals surface area contributed by atoms with Crippen LogP contribution in [0.15, 0.2) is 53.7 Å². The van der Waals surface area contributed by atoms with E-state index in [0.717, 1.165) is 17.1 Å². The number of anilines is 1. The lowest BCUT2D eigenvalue weighted by atomic mass is 10.0.